The van der Waals surface area contributed by atoms with Crippen LogP contribution in [0.5, 0.6) is 0 Å². The van der Waals surface area contributed by atoms with E-state index in [0.717, 1.165) is 13.1 Å². The Morgan fingerprint density at radius 1 is 1.56 bits per heavy atom. The molecule has 2 aromatic heterocycles. The second-order valence-electron chi connectivity index (χ2n) is 3.70. The number of rotatable bonds is 6. The van der Waals surface area contributed by atoms with Gasteiger partial charge < -0.3 is 14.5 Å². The van der Waals surface area contributed by atoms with Crippen molar-refractivity contribution in [2.75, 3.05) is 13.7 Å². The van der Waals surface area contributed by atoms with Crippen LogP contribution in [0.4, 0.5) is 0 Å². The fourth-order valence-corrected chi connectivity index (χ4v) is 1.52. The van der Waals surface area contributed by atoms with E-state index >= 15 is 0 Å². The standard InChI is InChI=1S/C12H15N3O3/c1-17-12(16)11-4-3-10(18-11)9-13-6-8-15-7-2-5-14-15/h2-5,7,13H,6,8-9H2,1H3. The van der Waals surface area contributed by atoms with Crippen molar-refractivity contribution in [1.29, 1.82) is 0 Å². The van der Waals surface area contributed by atoms with Gasteiger partial charge in [0.2, 0.25) is 5.76 Å². The zero-order chi connectivity index (χ0) is 12.8. The van der Waals surface area contributed by atoms with Crippen molar-refractivity contribution < 1.29 is 13.9 Å². The molecule has 6 heteroatoms. The predicted molar refractivity (Wildman–Crippen MR) is 64.0 cm³/mol. The first kappa shape index (κ1) is 12.4. The van der Waals surface area contributed by atoms with Crippen LogP contribution in [-0.4, -0.2) is 29.4 Å². The van der Waals surface area contributed by atoms with Gasteiger partial charge >= 0.3 is 5.97 Å². The number of hydrogen-bond acceptors (Lipinski definition) is 5. The minimum Gasteiger partial charge on any atom is -0.463 e. The van der Waals surface area contributed by atoms with Crippen molar-refractivity contribution >= 4 is 5.97 Å². The minimum atomic E-state index is -0.460. The number of furan rings is 1. The van der Waals surface area contributed by atoms with E-state index in [1.807, 2.05) is 16.9 Å². The second kappa shape index (κ2) is 6.02. The summed E-state index contributed by atoms with van der Waals surface area (Å²) in [5.74, 6) is 0.468. The lowest BCUT2D eigenvalue weighted by atomic mass is 10.4. The Balaban J connectivity index is 1.73. The van der Waals surface area contributed by atoms with E-state index in [1.54, 1.807) is 18.3 Å². The van der Waals surface area contributed by atoms with Crippen molar-refractivity contribution in [3.8, 4) is 0 Å². The summed E-state index contributed by atoms with van der Waals surface area (Å²) in [5.41, 5.74) is 0. The van der Waals surface area contributed by atoms with Gasteiger partial charge in [-0.3, -0.25) is 4.68 Å². The van der Waals surface area contributed by atoms with Gasteiger partial charge in [0.25, 0.3) is 0 Å². The summed E-state index contributed by atoms with van der Waals surface area (Å²) in [6.07, 6.45) is 3.65. The number of esters is 1. The van der Waals surface area contributed by atoms with Crippen LogP contribution in [0.2, 0.25) is 0 Å². The number of ether oxygens (including phenoxy) is 1. The molecule has 0 atom stereocenters. The number of carbonyl (C=O) groups is 1. The van der Waals surface area contributed by atoms with Crippen LogP contribution in [0.15, 0.2) is 35.0 Å². The molecular formula is C12H15N3O3. The molecule has 0 spiro atoms. The maximum atomic E-state index is 11.2. The lowest BCUT2D eigenvalue weighted by Gasteiger charge is -2.02. The second-order valence-corrected chi connectivity index (χ2v) is 3.70. The van der Waals surface area contributed by atoms with Gasteiger partial charge in [0.1, 0.15) is 5.76 Å². The van der Waals surface area contributed by atoms with Crippen molar-refractivity contribution in [2.45, 2.75) is 13.1 Å². The van der Waals surface area contributed by atoms with E-state index in [-0.39, 0.29) is 5.76 Å². The third kappa shape index (κ3) is 3.21. The number of aromatic nitrogens is 2. The average molecular weight is 249 g/mol. The number of nitrogens with zero attached hydrogens (tertiary/aromatic N) is 2. The summed E-state index contributed by atoms with van der Waals surface area (Å²) >= 11 is 0. The third-order valence-electron chi connectivity index (χ3n) is 2.42. The van der Waals surface area contributed by atoms with E-state index in [4.69, 9.17) is 4.42 Å². The Bertz CT molecular complexity index is 490. The highest BCUT2D eigenvalue weighted by Gasteiger charge is 2.10. The molecule has 18 heavy (non-hydrogen) atoms. The van der Waals surface area contributed by atoms with Crippen LogP contribution in [0.1, 0.15) is 16.3 Å². The first-order valence-electron chi connectivity index (χ1n) is 5.65. The van der Waals surface area contributed by atoms with Gasteiger partial charge in [-0.15, -0.1) is 0 Å². The van der Waals surface area contributed by atoms with E-state index in [2.05, 4.69) is 15.2 Å². The molecule has 96 valence electrons. The largest absolute Gasteiger partial charge is 0.463 e. The summed E-state index contributed by atoms with van der Waals surface area (Å²) in [7, 11) is 1.33. The van der Waals surface area contributed by atoms with Crippen molar-refractivity contribution in [2.24, 2.45) is 0 Å². The fraction of sp³-hybridized carbons (Fsp3) is 0.333. The third-order valence-corrected chi connectivity index (χ3v) is 2.42. The first-order valence-corrected chi connectivity index (χ1v) is 5.65. The van der Waals surface area contributed by atoms with Crippen LogP contribution in [0.25, 0.3) is 0 Å². The van der Waals surface area contributed by atoms with E-state index in [9.17, 15) is 4.79 Å². The van der Waals surface area contributed by atoms with Gasteiger partial charge in [-0.25, -0.2) is 4.79 Å². The average Bonchev–Trinajstić information content (AvgIpc) is 3.05. The maximum absolute atomic E-state index is 11.2. The molecule has 0 amide bonds. The Hall–Kier alpha value is -2.08. The number of hydrogen-bond donors (Lipinski definition) is 1. The molecule has 0 aliphatic heterocycles. The Morgan fingerprint density at radius 2 is 2.44 bits per heavy atom. The Morgan fingerprint density at radius 3 is 3.17 bits per heavy atom. The first-order chi connectivity index (χ1) is 8.79. The molecular weight excluding hydrogens is 234 g/mol. The number of carbonyl (C=O) groups excluding carboxylic acids is 1. The number of methoxy groups -OCH3 is 1. The van der Waals surface area contributed by atoms with E-state index in [1.165, 1.54) is 7.11 Å². The van der Waals surface area contributed by atoms with Gasteiger partial charge in [-0.05, 0) is 18.2 Å². The van der Waals surface area contributed by atoms with Crippen LogP contribution in [-0.2, 0) is 17.8 Å². The van der Waals surface area contributed by atoms with Crippen LogP contribution in [0.3, 0.4) is 0 Å². The van der Waals surface area contributed by atoms with Crippen molar-refractivity contribution in [3.63, 3.8) is 0 Å². The molecule has 0 bridgehead atoms. The summed E-state index contributed by atoms with van der Waals surface area (Å²) in [6.45, 7) is 2.13. The lowest BCUT2D eigenvalue weighted by Crippen LogP contribution is -2.19. The molecule has 0 aliphatic rings. The molecule has 0 saturated heterocycles. The van der Waals surface area contributed by atoms with Gasteiger partial charge in [-0.2, -0.15) is 5.10 Å². The van der Waals surface area contributed by atoms with Crippen LogP contribution in [0, 0.1) is 0 Å². The Kier molecular flexibility index (Phi) is 4.14. The lowest BCUT2D eigenvalue weighted by molar-refractivity contribution is 0.0563. The summed E-state index contributed by atoms with van der Waals surface area (Å²) in [4.78, 5) is 11.2. The molecule has 0 radical (unpaired) electrons. The normalized spacial score (nSPS) is 10.5. The maximum Gasteiger partial charge on any atom is 0.373 e. The summed E-state index contributed by atoms with van der Waals surface area (Å²) in [6, 6.07) is 5.25. The number of nitrogens with one attached hydrogen (secondary N) is 1. The summed E-state index contributed by atoms with van der Waals surface area (Å²) in [5, 5.41) is 7.29. The van der Waals surface area contributed by atoms with Crippen molar-refractivity contribution in [3.05, 3.63) is 42.1 Å². The van der Waals surface area contributed by atoms with Gasteiger partial charge in [0, 0.05) is 18.9 Å². The van der Waals surface area contributed by atoms with Crippen molar-refractivity contribution in [1.82, 2.24) is 15.1 Å². The molecule has 2 aromatic rings. The quantitative estimate of drug-likeness (QED) is 0.612. The molecule has 0 unspecified atom stereocenters. The monoisotopic (exact) mass is 249 g/mol. The minimum absolute atomic E-state index is 0.223. The zero-order valence-corrected chi connectivity index (χ0v) is 10.1. The molecule has 6 nitrogen and oxygen atoms in total. The molecule has 0 fully saturated rings. The fourth-order valence-electron chi connectivity index (χ4n) is 1.52. The molecule has 1 N–H and O–H groups in total. The summed E-state index contributed by atoms with van der Waals surface area (Å²) < 4.78 is 11.7. The topological polar surface area (TPSA) is 69.3 Å². The SMILES string of the molecule is COC(=O)c1ccc(CNCCn2cccn2)o1. The van der Waals surface area contributed by atoms with Gasteiger partial charge in [0.05, 0.1) is 20.2 Å². The highest BCUT2D eigenvalue weighted by molar-refractivity contribution is 5.86. The van der Waals surface area contributed by atoms with Gasteiger partial charge in [-0.1, -0.05) is 0 Å². The molecule has 0 aliphatic carbocycles. The molecule has 0 aromatic carbocycles. The highest BCUT2D eigenvalue weighted by Crippen LogP contribution is 2.08. The highest BCUT2D eigenvalue weighted by atomic mass is 16.5. The van der Waals surface area contributed by atoms with Gasteiger partial charge in [0.15, 0.2) is 0 Å². The van der Waals surface area contributed by atoms with Crippen LogP contribution < -0.4 is 5.32 Å². The van der Waals surface area contributed by atoms with Crippen LogP contribution >= 0.6 is 0 Å². The molecule has 2 rings (SSSR count). The smallest absolute Gasteiger partial charge is 0.373 e. The van der Waals surface area contributed by atoms with E-state index < -0.39 is 5.97 Å². The molecule has 2 heterocycles. The predicted octanol–water partition coefficient (Wildman–Crippen LogP) is 1.05. The van der Waals surface area contributed by atoms with E-state index in [0.29, 0.717) is 12.3 Å². The Labute approximate surface area is 105 Å². The zero-order valence-electron chi connectivity index (χ0n) is 10.1. The molecule has 0 saturated carbocycles.